The Morgan fingerprint density at radius 3 is 2.57 bits per heavy atom. The van der Waals surface area contributed by atoms with Crippen LogP contribution in [-0.4, -0.2) is 23.9 Å². The molecule has 0 atom stereocenters. The van der Waals surface area contributed by atoms with Crippen LogP contribution in [0.1, 0.15) is 27.8 Å². The van der Waals surface area contributed by atoms with E-state index in [9.17, 15) is 14.9 Å². The third kappa shape index (κ3) is 5.25. The van der Waals surface area contributed by atoms with Crippen molar-refractivity contribution in [1.29, 1.82) is 0 Å². The van der Waals surface area contributed by atoms with Gasteiger partial charge in [0.2, 0.25) is 5.90 Å². The number of rotatable bonds is 7. The minimum atomic E-state index is -0.652. The summed E-state index contributed by atoms with van der Waals surface area (Å²) in [5.41, 5.74) is 3.55. The number of carbonyl (C=O) groups is 1. The largest absolute Gasteiger partial charge is 0.493 e. The van der Waals surface area contributed by atoms with E-state index in [1.807, 2.05) is 31.2 Å². The van der Waals surface area contributed by atoms with Crippen LogP contribution in [0.15, 0.2) is 69.8 Å². The highest BCUT2D eigenvalue weighted by Gasteiger charge is 2.27. The van der Waals surface area contributed by atoms with Crippen LogP contribution in [0.2, 0.25) is 0 Å². The number of carbonyl (C=O) groups excluding carboxylic acids is 1. The van der Waals surface area contributed by atoms with Gasteiger partial charge in [-0.05, 0) is 65.2 Å². The van der Waals surface area contributed by atoms with Crippen molar-refractivity contribution in [3.05, 3.63) is 103 Å². The molecule has 178 valence electrons. The maximum absolute atomic E-state index is 12.5. The predicted octanol–water partition coefficient (Wildman–Crippen LogP) is 5.91. The maximum Gasteiger partial charge on any atom is 0.363 e. The van der Waals surface area contributed by atoms with E-state index in [2.05, 4.69) is 20.9 Å². The number of nitro groups is 1. The summed E-state index contributed by atoms with van der Waals surface area (Å²) in [6.45, 7) is 3.97. The van der Waals surface area contributed by atoms with Crippen LogP contribution in [0.25, 0.3) is 6.08 Å². The highest BCUT2D eigenvalue weighted by atomic mass is 79.9. The molecule has 9 heteroatoms. The zero-order valence-electron chi connectivity index (χ0n) is 19.2. The Morgan fingerprint density at radius 2 is 1.89 bits per heavy atom. The van der Waals surface area contributed by atoms with Crippen molar-refractivity contribution in [3.8, 4) is 11.5 Å². The topological polar surface area (TPSA) is 100 Å². The van der Waals surface area contributed by atoms with Crippen molar-refractivity contribution in [2.45, 2.75) is 20.5 Å². The number of nitro benzene ring substituents is 1. The fraction of sp³-hybridized carbons (Fsp3) is 0.154. The van der Waals surface area contributed by atoms with Gasteiger partial charge in [-0.3, -0.25) is 10.1 Å². The van der Waals surface area contributed by atoms with Gasteiger partial charge in [-0.2, -0.15) is 0 Å². The summed E-state index contributed by atoms with van der Waals surface area (Å²) in [5, 5.41) is 11.2. The Hall–Kier alpha value is -3.98. The summed E-state index contributed by atoms with van der Waals surface area (Å²) in [5.74, 6) is 0.372. The second-order valence-electron chi connectivity index (χ2n) is 7.85. The van der Waals surface area contributed by atoms with E-state index in [1.165, 1.54) is 24.8 Å². The summed E-state index contributed by atoms with van der Waals surface area (Å²) in [7, 11) is 1.53. The molecule has 0 bridgehead atoms. The molecule has 3 aromatic carbocycles. The third-order valence-corrected chi connectivity index (χ3v) is 6.00. The molecule has 0 unspecified atom stereocenters. The lowest BCUT2D eigenvalue weighted by Crippen LogP contribution is -2.08. The van der Waals surface area contributed by atoms with Crippen LogP contribution >= 0.6 is 15.9 Å². The second-order valence-corrected chi connectivity index (χ2v) is 8.71. The zero-order valence-corrected chi connectivity index (χ0v) is 20.8. The van der Waals surface area contributed by atoms with Gasteiger partial charge < -0.3 is 14.2 Å². The SMILES string of the molecule is COc1cc(/C=C2\N=C(c3cccc([N+](=O)[O-])c3C)OC2=O)cc(Br)c1OCc1ccc(C)cc1. The van der Waals surface area contributed by atoms with Gasteiger partial charge in [-0.1, -0.05) is 35.9 Å². The fourth-order valence-corrected chi connectivity index (χ4v) is 4.11. The zero-order chi connectivity index (χ0) is 25.1. The number of methoxy groups -OCH3 is 1. The molecule has 0 radical (unpaired) electrons. The lowest BCUT2D eigenvalue weighted by Gasteiger charge is -2.14. The number of aryl methyl sites for hydroxylation is 1. The summed E-state index contributed by atoms with van der Waals surface area (Å²) < 4.78 is 17.4. The number of hydrogen-bond acceptors (Lipinski definition) is 7. The molecule has 0 spiro atoms. The van der Waals surface area contributed by atoms with Crippen LogP contribution < -0.4 is 9.47 Å². The van der Waals surface area contributed by atoms with Gasteiger partial charge in [0.05, 0.1) is 16.5 Å². The highest BCUT2D eigenvalue weighted by molar-refractivity contribution is 9.10. The average Bonchev–Trinajstić information content (AvgIpc) is 3.18. The molecule has 0 amide bonds. The molecule has 0 aromatic heterocycles. The van der Waals surface area contributed by atoms with E-state index in [4.69, 9.17) is 14.2 Å². The first-order chi connectivity index (χ1) is 16.8. The minimum absolute atomic E-state index is 0.0199. The quantitative estimate of drug-likeness (QED) is 0.161. The first-order valence-corrected chi connectivity index (χ1v) is 11.4. The Bertz CT molecular complexity index is 1380. The predicted molar refractivity (Wildman–Crippen MR) is 135 cm³/mol. The van der Waals surface area contributed by atoms with Crippen LogP contribution in [0.3, 0.4) is 0 Å². The molecule has 0 N–H and O–H groups in total. The van der Waals surface area contributed by atoms with Crippen molar-refractivity contribution in [1.82, 2.24) is 0 Å². The second kappa shape index (κ2) is 10.1. The minimum Gasteiger partial charge on any atom is -0.493 e. The summed E-state index contributed by atoms with van der Waals surface area (Å²) in [6.07, 6.45) is 1.55. The van der Waals surface area contributed by atoms with Gasteiger partial charge in [0.1, 0.15) is 6.61 Å². The maximum atomic E-state index is 12.5. The van der Waals surface area contributed by atoms with Crippen molar-refractivity contribution in [2.75, 3.05) is 7.11 Å². The summed E-state index contributed by atoms with van der Waals surface area (Å²) in [4.78, 5) is 27.5. The Balaban J connectivity index is 1.61. The van der Waals surface area contributed by atoms with Crippen LogP contribution in [0.4, 0.5) is 5.69 Å². The van der Waals surface area contributed by atoms with Crippen molar-refractivity contribution in [2.24, 2.45) is 4.99 Å². The van der Waals surface area contributed by atoms with E-state index in [-0.39, 0.29) is 17.3 Å². The lowest BCUT2D eigenvalue weighted by atomic mass is 10.1. The van der Waals surface area contributed by atoms with Gasteiger partial charge in [-0.25, -0.2) is 9.79 Å². The smallest absolute Gasteiger partial charge is 0.363 e. The normalized spacial score (nSPS) is 14.0. The lowest BCUT2D eigenvalue weighted by molar-refractivity contribution is -0.385. The Morgan fingerprint density at radius 1 is 1.14 bits per heavy atom. The first-order valence-electron chi connectivity index (χ1n) is 10.6. The van der Waals surface area contributed by atoms with Gasteiger partial charge in [0.15, 0.2) is 17.2 Å². The van der Waals surface area contributed by atoms with Gasteiger partial charge >= 0.3 is 5.97 Å². The molecule has 1 aliphatic heterocycles. The summed E-state index contributed by atoms with van der Waals surface area (Å²) >= 11 is 3.52. The molecular weight excluding hydrogens is 516 g/mol. The molecule has 0 saturated heterocycles. The van der Waals surface area contributed by atoms with Gasteiger partial charge in [0.25, 0.3) is 5.69 Å². The number of hydrogen-bond donors (Lipinski definition) is 0. The van der Waals surface area contributed by atoms with Crippen molar-refractivity contribution in [3.63, 3.8) is 0 Å². The van der Waals surface area contributed by atoms with Crippen LogP contribution in [0, 0.1) is 24.0 Å². The molecule has 0 saturated carbocycles. The van der Waals surface area contributed by atoms with E-state index in [1.54, 1.807) is 31.2 Å². The number of esters is 1. The monoisotopic (exact) mass is 536 g/mol. The highest BCUT2D eigenvalue weighted by Crippen LogP contribution is 2.38. The molecular formula is C26H21BrN2O6. The van der Waals surface area contributed by atoms with Crippen LogP contribution in [-0.2, 0) is 16.1 Å². The number of ether oxygens (including phenoxy) is 3. The number of benzene rings is 3. The molecule has 0 aliphatic carbocycles. The number of nitrogens with zero attached hydrogens (tertiary/aromatic N) is 2. The average molecular weight is 537 g/mol. The van der Waals surface area contributed by atoms with Crippen LogP contribution in [0.5, 0.6) is 11.5 Å². The number of halogens is 1. The van der Waals surface area contributed by atoms with E-state index in [0.717, 1.165) is 5.56 Å². The Labute approximate surface area is 210 Å². The molecule has 4 rings (SSSR count). The van der Waals surface area contributed by atoms with Gasteiger partial charge in [0, 0.05) is 17.2 Å². The van der Waals surface area contributed by atoms with Crippen molar-refractivity contribution >= 4 is 39.6 Å². The molecule has 1 aliphatic rings. The number of cyclic esters (lactones) is 1. The molecule has 1 heterocycles. The third-order valence-electron chi connectivity index (χ3n) is 5.41. The van der Waals surface area contributed by atoms with E-state index >= 15 is 0 Å². The van der Waals surface area contributed by atoms with E-state index < -0.39 is 10.9 Å². The van der Waals surface area contributed by atoms with Gasteiger partial charge in [-0.15, -0.1) is 0 Å². The van der Waals surface area contributed by atoms with Crippen molar-refractivity contribution < 1.29 is 23.9 Å². The standard InChI is InChI=1S/C26H21BrN2O6/c1-15-7-9-17(10-8-15)14-34-24-20(27)11-18(13-23(24)33-3)12-21-26(30)35-25(28-21)19-5-4-6-22(16(19)2)29(31)32/h4-13H,14H2,1-3H3/b21-12-. The molecule has 8 nitrogen and oxygen atoms in total. The molecule has 35 heavy (non-hydrogen) atoms. The molecule has 0 fully saturated rings. The summed E-state index contributed by atoms with van der Waals surface area (Å²) in [6, 6.07) is 16.1. The van der Waals surface area contributed by atoms with E-state index in [0.29, 0.717) is 39.3 Å². The Kier molecular flexibility index (Phi) is 6.97. The first kappa shape index (κ1) is 24.2. The number of aliphatic imine (C=N–C) groups is 1. The fourth-order valence-electron chi connectivity index (χ4n) is 3.54. The molecule has 3 aromatic rings.